The Kier molecular flexibility index (Phi) is 7.06. The van der Waals surface area contributed by atoms with Gasteiger partial charge in [-0.2, -0.15) is 0 Å². The molecule has 11 heteroatoms. The molecule has 2 aromatic rings. The fourth-order valence-electron chi connectivity index (χ4n) is 3.64. The highest BCUT2D eigenvalue weighted by molar-refractivity contribution is 6.30. The van der Waals surface area contributed by atoms with E-state index in [1.54, 1.807) is 26.0 Å². The Labute approximate surface area is 195 Å². The van der Waals surface area contributed by atoms with Gasteiger partial charge < -0.3 is 20.2 Å². The van der Waals surface area contributed by atoms with Crippen molar-refractivity contribution in [3.8, 4) is 5.75 Å². The first-order valence-corrected chi connectivity index (χ1v) is 10.6. The number of halogens is 2. The number of nitrogens with one attached hydrogen (secondary N) is 1. The van der Waals surface area contributed by atoms with Crippen LogP contribution in [0.25, 0.3) is 0 Å². The maximum atomic E-state index is 13.3. The van der Waals surface area contributed by atoms with Gasteiger partial charge >= 0.3 is 0 Å². The molecule has 1 unspecified atom stereocenters. The van der Waals surface area contributed by atoms with Crippen LogP contribution in [-0.2, 0) is 17.9 Å². The summed E-state index contributed by atoms with van der Waals surface area (Å²) in [6.07, 6.45) is 1.19. The predicted molar refractivity (Wildman–Crippen MR) is 120 cm³/mol. The molecule has 0 aliphatic carbocycles. The molecule has 3 rings (SSSR count). The largest absolute Gasteiger partial charge is 0.501 e. The van der Waals surface area contributed by atoms with Crippen LogP contribution in [0.15, 0.2) is 35.3 Å². The minimum Gasteiger partial charge on any atom is -0.501 e. The summed E-state index contributed by atoms with van der Waals surface area (Å²) in [4.78, 5) is 45.2. The zero-order valence-electron chi connectivity index (χ0n) is 18.6. The van der Waals surface area contributed by atoms with Gasteiger partial charge in [0.25, 0.3) is 17.4 Å². The van der Waals surface area contributed by atoms with Crippen molar-refractivity contribution >= 4 is 23.4 Å². The molecule has 9 nitrogen and oxygen atoms in total. The summed E-state index contributed by atoms with van der Waals surface area (Å²) in [5.41, 5.74) is -0.429. The van der Waals surface area contributed by atoms with Gasteiger partial charge in [0.05, 0.1) is 16.8 Å². The number of likely N-dealkylation sites (N-methyl/N-ethyl adjacent to an activating group) is 2. The van der Waals surface area contributed by atoms with Crippen LogP contribution in [0.1, 0.15) is 40.8 Å². The topological polar surface area (TPSA) is 108 Å². The van der Waals surface area contributed by atoms with E-state index in [9.17, 15) is 23.9 Å². The maximum Gasteiger partial charge on any atom is 0.296 e. The molecule has 0 saturated carbocycles. The molecule has 0 saturated heterocycles. The van der Waals surface area contributed by atoms with Gasteiger partial charge in [0.2, 0.25) is 5.75 Å². The summed E-state index contributed by atoms with van der Waals surface area (Å²) in [5, 5.41) is 12.8. The highest BCUT2D eigenvalue weighted by Crippen LogP contribution is 2.31. The molecule has 1 atom stereocenters. The lowest BCUT2D eigenvalue weighted by molar-refractivity contribution is -0.126. The van der Waals surface area contributed by atoms with Crippen LogP contribution < -0.4 is 10.9 Å². The second-order valence-corrected chi connectivity index (χ2v) is 8.38. The van der Waals surface area contributed by atoms with Crippen LogP contribution in [-0.4, -0.2) is 57.4 Å². The monoisotopic (exact) mass is 477 g/mol. The van der Waals surface area contributed by atoms with Crippen molar-refractivity contribution in [2.45, 2.75) is 32.0 Å². The van der Waals surface area contributed by atoms with Crippen molar-refractivity contribution in [2.75, 3.05) is 21.1 Å². The Morgan fingerprint density at radius 1 is 1.36 bits per heavy atom. The Morgan fingerprint density at radius 3 is 2.70 bits per heavy atom. The Bertz CT molecular complexity index is 1180. The molecule has 1 aromatic heterocycles. The lowest BCUT2D eigenvalue weighted by Gasteiger charge is -2.35. The lowest BCUT2D eigenvalue weighted by atomic mass is 10.0. The third-order valence-electron chi connectivity index (χ3n) is 5.53. The van der Waals surface area contributed by atoms with Crippen LogP contribution in [0.4, 0.5) is 4.39 Å². The van der Waals surface area contributed by atoms with Crippen molar-refractivity contribution < 1.29 is 19.1 Å². The van der Waals surface area contributed by atoms with Crippen molar-refractivity contribution in [3.05, 3.63) is 68.8 Å². The smallest absolute Gasteiger partial charge is 0.296 e. The first-order chi connectivity index (χ1) is 15.5. The number of benzene rings is 1. The van der Waals surface area contributed by atoms with E-state index in [4.69, 9.17) is 11.6 Å². The molecule has 33 heavy (non-hydrogen) atoms. The molecular formula is C22H25ClFN5O4. The molecule has 1 aliphatic heterocycles. The number of hydrogen-bond acceptors (Lipinski definition) is 6. The van der Waals surface area contributed by atoms with Gasteiger partial charge in [-0.15, -0.1) is 0 Å². The lowest BCUT2D eigenvalue weighted by Crippen LogP contribution is -2.40. The summed E-state index contributed by atoms with van der Waals surface area (Å²) in [6.45, 7) is 4.16. The number of rotatable bonds is 6. The van der Waals surface area contributed by atoms with Crippen LogP contribution in [0, 0.1) is 5.82 Å². The van der Waals surface area contributed by atoms with Gasteiger partial charge in [0.15, 0.2) is 5.69 Å². The zero-order valence-corrected chi connectivity index (χ0v) is 19.3. The molecular weight excluding hydrogens is 453 g/mol. The standard InChI is InChI=1S/C22H25ClFN5O4/c1-12(21(32)27(2)3)28(4)16-6-5-9-29-19(16)26-17(18(30)22(29)33)20(31)25-11-13-7-8-15(24)14(23)10-13/h7-8,10,16,30H,1,5-6,9,11H2,2-4H3,(H,25,31). The molecule has 0 bridgehead atoms. The quantitative estimate of drug-likeness (QED) is 0.616. The van der Waals surface area contributed by atoms with Crippen molar-refractivity contribution in [2.24, 2.45) is 0 Å². The average Bonchev–Trinajstić information content (AvgIpc) is 2.79. The average molecular weight is 478 g/mol. The third-order valence-corrected chi connectivity index (χ3v) is 5.82. The summed E-state index contributed by atoms with van der Waals surface area (Å²) in [5.74, 6) is -2.16. The first-order valence-electron chi connectivity index (χ1n) is 10.2. The number of aromatic hydroxyl groups is 1. The van der Waals surface area contributed by atoms with Gasteiger partial charge in [-0.3, -0.25) is 19.0 Å². The van der Waals surface area contributed by atoms with Crippen LogP contribution in [0.2, 0.25) is 5.02 Å². The highest BCUT2D eigenvalue weighted by Gasteiger charge is 2.32. The number of carbonyl (C=O) groups is 2. The van der Waals surface area contributed by atoms with Crippen LogP contribution in [0.5, 0.6) is 5.75 Å². The maximum absolute atomic E-state index is 13.3. The van der Waals surface area contributed by atoms with Crippen molar-refractivity contribution in [3.63, 3.8) is 0 Å². The zero-order chi connectivity index (χ0) is 24.4. The van der Waals surface area contributed by atoms with Crippen LogP contribution in [0.3, 0.4) is 0 Å². The number of hydrogen-bond donors (Lipinski definition) is 2. The number of amides is 2. The molecule has 1 aliphatic rings. The van der Waals surface area contributed by atoms with Gasteiger partial charge in [-0.25, -0.2) is 9.37 Å². The number of fused-ring (bicyclic) bond motifs is 1. The van der Waals surface area contributed by atoms with E-state index >= 15 is 0 Å². The molecule has 176 valence electrons. The fraction of sp³-hybridized carbons (Fsp3) is 0.364. The summed E-state index contributed by atoms with van der Waals surface area (Å²) < 4.78 is 14.6. The second-order valence-electron chi connectivity index (χ2n) is 7.97. The van der Waals surface area contributed by atoms with Gasteiger partial charge in [-0.1, -0.05) is 24.2 Å². The Hall–Kier alpha value is -3.40. The number of aromatic nitrogens is 2. The van der Waals surface area contributed by atoms with E-state index in [0.29, 0.717) is 24.9 Å². The first kappa shape index (κ1) is 24.2. The number of carbonyl (C=O) groups excluding carboxylic acids is 2. The van der Waals surface area contributed by atoms with Crippen molar-refractivity contribution in [1.29, 1.82) is 0 Å². The molecule has 1 aromatic carbocycles. The number of nitrogens with zero attached hydrogens (tertiary/aromatic N) is 4. The van der Waals surface area contributed by atoms with E-state index in [2.05, 4.69) is 16.9 Å². The predicted octanol–water partition coefficient (Wildman–Crippen LogP) is 2.04. The van der Waals surface area contributed by atoms with E-state index in [-0.39, 0.29) is 29.0 Å². The SMILES string of the molecule is C=C(C(=O)N(C)C)N(C)C1CCCn2c1nc(C(=O)NCc1ccc(F)c(Cl)c1)c(O)c2=O. The van der Waals surface area contributed by atoms with Crippen LogP contribution >= 0.6 is 11.6 Å². The van der Waals surface area contributed by atoms with Gasteiger partial charge in [-0.05, 0) is 30.5 Å². The Balaban J connectivity index is 1.91. The molecule has 2 heterocycles. The highest BCUT2D eigenvalue weighted by atomic mass is 35.5. The minimum atomic E-state index is -0.774. The van der Waals surface area contributed by atoms with Gasteiger partial charge in [0.1, 0.15) is 11.6 Å². The van der Waals surface area contributed by atoms with E-state index < -0.39 is 34.8 Å². The summed E-state index contributed by atoms with van der Waals surface area (Å²) in [7, 11) is 4.88. The van der Waals surface area contributed by atoms with E-state index in [1.165, 1.54) is 27.7 Å². The third kappa shape index (κ3) is 4.85. The molecule has 0 radical (unpaired) electrons. The molecule has 0 spiro atoms. The minimum absolute atomic E-state index is 0.0180. The van der Waals surface area contributed by atoms with E-state index in [1.807, 2.05) is 0 Å². The van der Waals surface area contributed by atoms with E-state index in [0.717, 1.165) is 0 Å². The van der Waals surface area contributed by atoms with Crippen molar-refractivity contribution in [1.82, 2.24) is 24.7 Å². The molecule has 0 fully saturated rings. The second kappa shape index (κ2) is 9.62. The summed E-state index contributed by atoms with van der Waals surface area (Å²) >= 11 is 5.76. The molecule has 2 amide bonds. The molecule has 2 N–H and O–H groups in total. The Morgan fingerprint density at radius 2 is 2.06 bits per heavy atom. The fourth-order valence-corrected chi connectivity index (χ4v) is 3.84. The van der Waals surface area contributed by atoms with Gasteiger partial charge in [0, 0.05) is 34.2 Å². The summed E-state index contributed by atoms with van der Waals surface area (Å²) in [6, 6.07) is 3.50. The normalized spacial score (nSPS) is 14.9.